The highest BCUT2D eigenvalue weighted by Crippen LogP contribution is 2.12. The molecule has 0 unspecified atom stereocenters. The molecule has 0 aromatic carbocycles. The van der Waals surface area contributed by atoms with Crippen molar-refractivity contribution < 1.29 is 19.5 Å². The van der Waals surface area contributed by atoms with Crippen molar-refractivity contribution in [1.82, 2.24) is 10.4 Å². The van der Waals surface area contributed by atoms with Gasteiger partial charge in [0.1, 0.15) is 0 Å². The van der Waals surface area contributed by atoms with Crippen LogP contribution in [0, 0.1) is 0 Å². The summed E-state index contributed by atoms with van der Waals surface area (Å²) in [6, 6.07) is -0.492. The molecule has 0 rings (SSSR count). The van der Waals surface area contributed by atoms with E-state index in [1.165, 1.54) is 4.90 Å². The topological polar surface area (TPSA) is 78.9 Å². The zero-order chi connectivity index (χ0) is 12.8. The molecule has 0 saturated heterocycles. The number of amides is 2. The second-order valence-corrected chi connectivity index (χ2v) is 4.16. The van der Waals surface area contributed by atoms with E-state index >= 15 is 0 Å². The molecule has 0 bridgehead atoms. The maximum atomic E-state index is 11.6. The minimum Gasteiger partial charge on any atom is -0.479 e. The van der Waals surface area contributed by atoms with Gasteiger partial charge in [0.25, 0.3) is 0 Å². The van der Waals surface area contributed by atoms with Crippen LogP contribution in [-0.2, 0) is 9.63 Å². The van der Waals surface area contributed by atoms with Gasteiger partial charge in [0.15, 0.2) is 6.61 Å². The molecule has 0 radical (unpaired) electrons. The molecule has 0 aromatic rings. The smallest absolute Gasteiger partial charge is 0.342 e. The maximum absolute atomic E-state index is 11.6. The Bertz CT molecular complexity index is 270. The molecule has 0 saturated carbocycles. The van der Waals surface area contributed by atoms with E-state index in [9.17, 15) is 9.59 Å². The second-order valence-electron chi connectivity index (χ2n) is 4.16. The van der Waals surface area contributed by atoms with Gasteiger partial charge in [-0.25, -0.2) is 15.1 Å². The van der Waals surface area contributed by atoms with Gasteiger partial charge in [-0.2, -0.15) is 0 Å². The van der Waals surface area contributed by atoms with Gasteiger partial charge in [0, 0.05) is 12.1 Å². The number of carboxylic acid groups (broad SMARTS) is 1. The van der Waals surface area contributed by atoms with Crippen LogP contribution < -0.4 is 5.48 Å². The Labute approximate surface area is 94.8 Å². The van der Waals surface area contributed by atoms with Gasteiger partial charge in [-0.3, -0.25) is 4.84 Å². The summed E-state index contributed by atoms with van der Waals surface area (Å²) < 4.78 is 0. The van der Waals surface area contributed by atoms with Crippen LogP contribution in [0.5, 0.6) is 0 Å². The highest BCUT2D eigenvalue weighted by Gasteiger charge is 2.25. The predicted molar refractivity (Wildman–Crippen MR) is 58.8 cm³/mol. The number of aliphatic carboxylic acids is 1. The second kappa shape index (κ2) is 6.12. The average molecular weight is 230 g/mol. The van der Waals surface area contributed by atoms with Crippen molar-refractivity contribution in [2.75, 3.05) is 13.2 Å². The SMILES string of the molecule is C=CCN(C(=O)NOCC(=O)O)C(C)(C)C. The van der Waals surface area contributed by atoms with Gasteiger partial charge < -0.3 is 10.0 Å². The standard InChI is InChI=1S/C10H18N2O4/c1-5-6-12(10(2,3)4)9(15)11-16-7-8(13)14/h5H,1,6-7H2,2-4H3,(H,11,15)(H,13,14). The van der Waals surface area contributed by atoms with Gasteiger partial charge in [-0.1, -0.05) is 6.08 Å². The first-order chi connectivity index (χ1) is 7.29. The maximum Gasteiger partial charge on any atom is 0.342 e. The molecule has 0 aliphatic carbocycles. The first-order valence-corrected chi connectivity index (χ1v) is 4.81. The van der Waals surface area contributed by atoms with Crippen molar-refractivity contribution in [2.45, 2.75) is 26.3 Å². The lowest BCUT2D eigenvalue weighted by Gasteiger charge is -2.34. The highest BCUT2D eigenvalue weighted by atomic mass is 16.7. The molecular formula is C10H18N2O4. The first-order valence-electron chi connectivity index (χ1n) is 4.81. The minimum absolute atomic E-state index is 0.353. The van der Waals surface area contributed by atoms with Gasteiger partial charge in [0.05, 0.1) is 0 Å². The van der Waals surface area contributed by atoms with Gasteiger partial charge in [-0.15, -0.1) is 6.58 Å². The van der Waals surface area contributed by atoms with E-state index in [0.717, 1.165) is 0 Å². The number of carbonyl (C=O) groups excluding carboxylic acids is 1. The highest BCUT2D eigenvalue weighted by molar-refractivity contribution is 5.74. The summed E-state index contributed by atoms with van der Waals surface area (Å²) >= 11 is 0. The number of rotatable bonds is 5. The molecule has 6 heteroatoms. The Morgan fingerprint density at radius 3 is 2.44 bits per heavy atom. The van der Waals surface area contributed by atoms with E-state index < -0.39 is 24.1 Å². The number of hydroxylamine groups is 1. The Morgan fingerprint density at radius 2 is 2.06 bits per heavy atom. The van der Waals surface area contributed by atoms with Crippen molar-refractivity contribution in [3.63, 3.8) is 0 Å². The average Bonchev–Trinajstić information content (AvgIpc) is 2.11. The molecule has 0 atom stereocenters. The summed E-state index contributed by atoms with van der Waals surface area (Å²) in [7, 11) is 0. The number of carbonyl (C=O) groups is 2. The molecule has 2 amide bonds. The van der Waals surface area contributed by atoms with Crippen LogP contribution in [0.3, 0.4) is 0 Å². The summed E-state index contributed by atoms with van der Waals surface area (Å²) in [4.78, 5) is 27.8. The third-order valence-electron chi connectivity index (χ3n) is 1.72. The summed E-state index contributed by atoms with van der Waals surface area (Å²) in [5, 5.41) is 8.32. The number of nitrogens with zero attached hydrogens (tertiary/aromatic N) is 1. The zero-order valence-electron chi connectivity index (χ0n) is 9.82. The number of hydrogen-bond donors (Lipinski definition) is 2. The van der Waals surface area contributed by atoms with Crippen molar-refractivity contribution in [1.29, 1.82) is 0 Å². The van der Waals surface area contributed by atoms with E-state index in [1.807, 2.05) is 20.8 Å². The Morgan fingerprint density at radius 1 is 1.50 bits per heavy atom. The minimum atomic E-state index is -1.15. The lowest BCUT2D eigenvalue weighted by Crippen LogP contribution is -2.50. The summed E-state index contributed by atoms with van der Waals surface area (Å²) in [5.41, 5.74) is 1.67. The van der Waals surface area contributed by atoms with Gasteiger partial charge in [0.2, 0.25) is 0 Å². The molecule has 0 heterocycles. The van der Waals surface area contributed by atoms with E-state index in [1.54, 1.807) is 6.08 Å². The van der Waals surface area contributed by atoms with Crippen LogP contribution in [0.15, 0.2) is 12.7 Å². The molecule has 2 N–H and O–H groups in total. The molecule has 0 fully saturated rings. The summed E-state index contributed by atoms with van der Waals surface area (Å²) in [6.45, 7) is 8.89. The zero-order valence-corrected chi connectivity index (χ0v) is 9.82. The molecule has 0 aromatic heterocycles. The molecule has 6 nitrogen and oxygen atoms in total. The van der Waals surface area contributed by atoms with Crippen LogP contribution in [-0.4, -0.2) is 40.7 Å². The third kappa shape index (κ3) is 5.35. The van der Waals surface area contributed by atoms with Gasteiger partial charge >= 0.3 is 12.0 Å². The molecule has 0 spiro atoms. The Balaban J connectivity index is 4.29. The molecule has 16 heavy (non-hydrogen) atoms. The van der Waals surface area contributed by atoms with Crippen LogP contribution >= 0.6 is 0 Å². The normalized spacial score (nSPS) is 10.7. The monoisotopic (exact) mass is 230 g/mol. The third-order valence-corrected chi connectivity index (χ3v) is 1.72. The summed E-state index contributed by atoms with van der Waals surface area (Å²) in [6.07, 6.45) is 1.59. The first kappa shape index (κ1) is 14.4. The number of hydrogen-bond acceptors (Lipinski definition) is 3. The van der Waals surface area contributed by atoms with Crippen molar-refractivity contribution in [3.8, 4) is 0 Å². The molecule has 0 aliphatic rings. The fraction of sp³-hybridized carbons (Fsp3) is 0.600. The Hall–Kier alpha value is -1.56. The lowest BCUT2D eigenvalue weighted by atomic mass is 10.1. The number of nitrogens with one attached hydrogen (secondary N) is 1. The molecular weight excluding hydrogens is 212 g/mol. The largest absolute Gasteiger partial charge is 0.479 e. The van der Waals surface area contributed by atoms with Crippen LogP contribution in [0.2, 0.25) is 0 Å². The summed E-state index contributed by atoms with van der Waals surface area (Å²) in [5.74, 6) is -1.15. The van der Waals surface area contributed by atoms with Crippen LogP contribution in [0.1, 0.15) is 20.8 Å². The Kier molecular flexibility index (Phi) is 5.52. The lowest BCUT2D eigenvalue weighted by molar-refractivity contribution is -0.144. The predicted octanol–water partition coefficient (Wildman–Crippen LogP) is 0.999. The van der Waals surface area contributed by atoms with E-state index in [-0.39, 0.29) is 0 Å². The van der Waals surface area contributed by atoms with E-state index in [4.69, 9.17) is 5.11 Å². The van der Waals surface area contributed by atoms with Gasteiger partial charge in [-0.05, 0) is 20.8 Å². The fourth-order valence-electron chi connectivity index (χ4n) is 1.01. The van der Waals surface area contributed by atoms with E-state index in [0.29, 0.717) is 6.54 Å². The fourth-order valence-corrected chi connectivity index (χ4v) is 1.01. The molecule has 92 valence electrons. The van der Waals surface area contributed by atoms with Crippen LogP contribution in [0.4, 0.5) is 4.79 Å². The number of urea groups is 1. The van der Waals surface area contributed by atoms with Crippen LogP contribution in [0.25, 0.3) is 0 Å². The quantitative estimate of drug-likeness (QED) is 0.545. The van der Waals surface area contributed by atoms with Crippen molar-refractivity contribution in [3.05, 3.63) is 12.7 Å². The number of carboxylic acids is 1. The van der Waals surface area contributed by atoms with E-state index in [2.05, 4.69) is 16.9 Å². The van der Waals surface area contributed by atoms with Crippen molar-refractivity contribution in [2.24, 2.45) is 0 Å². The van der Waals surface area contributed by atoms with Crippen molar-refractivity contribution >= 4 is 12.0 Å². The molecule has 0 aliphatic heterocycles.